The summed E-state index contributed by atoms with van der Waals surface area (Å²) in [6, 6.07) is 3.62. The first-order valence-electron chi connectivity index (χ1n) is 6.65. The molecule has 1 saturated heterocycles. The van der Waals surface area contributed by atoms with Crippen LogP contribution < -0.4 is 0 Å². The molecule has 1 aliphatic heterocycles. The first-order valence-corrected chi connectivity index (χ1v) is 7.85. The van der Waals surface area contributed by atoms with Gasteiger partial charge in [0.1, 0.15) is 0 Å². The highest BCUT2D eigenvalue weighted by atomic mass is 35.5. The van der Waals surface area contributed by atoms with Crippen molar-refractivity contribution in [3.8, 4) is 0 Å². The molecule has 100 valence electrons. The molecule has 2 heterocycles. The van der Waals surface area contributed by atoms with Gasteiger partial charge in [0, 0.05) is 0 Å². The number of Topliss-reactive ketones (excluding diaryl/α,β-unsaturated/α-hetero) is 1. The van der Waals surface area contributed by atoms with Crippen LogP contribution in [0.4, 0.5) is 0 Å². The lowest BCUT2D eigenvalue weighted by Gasteiger charge is -2.34. The van der Waals surface area contributed by atoms with E-state index < -0.39 is 0 Å². The lowest BCUT2D eigenvalue weighted by Crippen LogP contribution is -2.43. The Balaban J connectivity index is 1.95. The molecular formula is C14H20ClNOS. The number of piperidine rings is 1. The fourth-order valence-corrected chi connectivity index (χ4v) is 3.63. The Morgan fingerprint density at radius 1 is 1.50 bits per heavy atom. The Bertz CT molecular complexity index is 410. The summed E-state index contributed by atoms with van der Waals surface area (Å²) in [6.07, 6.45) is 3.70. The molecule has 1 aromatic heterocycles. The van der Waals surface area contributed by atoms with Gasteiger partial charge in [-0.25, -0.2) is 0 Å². The van der Waals surface area contributed by atoms with Gasteiger partial charge in [-0.05, 0) is 50.9 Å². The summed E-state index contributed by atoms with van der Waals surface area (Å²) < 4.78 is 0.690. The summed E-state index contributed by atoms with van der Waals surface area (Å²) in [4.78, 5) is 15.4. The number of nitrogens with zero attached hydrogens (tertiary/aromatic N) is 1. The largest absolute Gasteiger partial charge is 0.293 e. The maximum absolute atomic E-state index is 12.3. The average Bonchev–Trinajstić information content (AvgIpc) is 2.84. The van der Waals surface area contributed by atoms with Crippen LogP contribution in [0.3, 0.4) is 0 Å². The van der Waals surface area contributed by atoms with E-state index in [1.807, 2.05) is 13.0 Å². The van der Waals surface area contributed by atoms with E-state index in [1.54, 1.807) is 6.07 Å². The SMILES string of the molecule is CCC1CCN(C(C)C(=O)c2ccc(Cl)s2)CC1. The number of carbonyl (C=O) groups is 1. The van der Waals surface area contributed by atoms with Gasteiger partial charge in [0.2, 0.25) is 0 Å². The van der Waals surface area contributed by atoms with Crippen LogP contribution in [0.25, 0.3) is 0 Å². The molecule has 1 aliphatic rings. The predicted molar refractivity (Wildman–Crippen MR) is 77.7 cm³/mol. The highest BCUT2D eigenvalue weighted by Crippen LogP contribution is 2.26. The lowest BCUT2D eigenvalue weighted by molar-refractivity contribution is 0.0773. The molecule has 2 rings (SSSR count). The van der Waals surface area contributed by atoms with Gasteiger partial charge in [0.05, 0.1) is 15.3 Å². The monoisotopic (exact) mass is 285 g/mol. The Morgan fingerprint density at radius 2 is 2.17 bits per heavy atom. The minimum absolute atomic E-state index is 0.0162. The number of hydrogen-bond acceptors (Lipinski definition) is 3. The molecule has 1 fully saturated rings. The van der Waals surface area contributed by atoms with Crippen LogP contribution in [0.2, 0.25) is 4.34 Å². The minimum atomic E-state index is -0.0162. The second-order valence-corrected chi connectivity index (χ2v) is 6.75. The van der Waals surface area contributed by atoms with Crippen molar-refractivity contribution in [3.05, 3.63) is 21.3 Å². The molecular weight excluding hydrogens is 266 g/mol. The second kappa shape index (κ2) is 6.18. The van der Waals surface area contributed by atoms with E-state index in [2.05, 4.69) is 11.8 Å². The van der Waals surface area contributed by atoms with E-state index in [0.717, 1.165) is 23.9 Å². The van der Waals surface area contributed by atoms with E-state index >= 15 is 0 Å². The third-order valence-corrected chi connectivity index (χ3v) is 5.22. The van der Waals surface area contributed by atoms with E-state index in [1.165, 1.54) is 30.6 Å². The maximum Gasteiger partial charge on any atom is 0.189 e. The number of carbonyl (C=O) groups excluding carboxylic acids is 1. The van der Waals surface area contributed by atoms with Crippen molar-refractivity contribution in [2.24, 2.45) is 5.92 Å². The number of halogens is 1. The van der Waals surface area contributed by atoms with Crippen LogP contribution in [0.5, 0.6) is 0 Å². The van der Waals surface area contributed by atoms with Crippen LogP contribution in [0.1, 0.15) is 42.8 Å². The summed E-state index contributed by atoms with van der Waals surface area (Å²) >= 11 is 7.27. The molecule has 1 unspecified atom stereocenters. The van der Waals surface area contributed by atoms with Crippen LogP contribution in [0, 0.1) is 5.92 Å². The van der Waals surface area contributed by atoms with Gasteiger partial charge in [0.25, 0.3) is 0 Å². The Morgan fingerprint density at radius 3 is 2.67 bits per heavy atom. The first-order chi connectivity index (χ1) is 8.61. The van der Waals surface area contributed by atoms with Gasteiger partial charge < -0.3 is 0 Å². The van der Waals surface area contributed by atoms with Crippen LogP contribution >= 0.6 is 22.9 Å². The van der Waals surface area contributed by atoms with Crippen LogP contribution in [0.15, 0.2) is 12.1 Å². The van der Waals surface area contributed by atoms with Gasteiger partial charge >= 0.3 is 0 Å². The zero-order chi connectivity index (χ0) is 13.1. The van der Waals surface area contributed by atoms with Gasteiger partial charge in [0.15, 0.2) is 5.78 Å². The molecule has 0 bridgehead atoms. The molecule has 18 heavy (non-hydrogen) atoms. The van der Waals surface area contributed by atoms with Gasteiger partial charge in [-0.3, -0.25) is 9.69 Å². The molecule has 0 saturated carbocycles. The molecule has 2 nitrogen and oxygen atoms in total. The van der Waals surface area contributed by atoms with Crippen molar-refractivity contribution >= 4 is 28.7 Å². The van der Waals surface area contributed by atoms with Crippen LogP contribution in [-0.2, 0) is 0 Å². The summed E-state index contributed by atoms with van der Waals surface area (Å²) in [7, 11) is 0. The van der Waals surface area contributed by atoms with Crippen molar-refractivity contribution in [2.75, 3.05) is 13.1 Å². The quantitative estimate of drug-likeness (QED) is 0.777. The first kappa shape index (κ1) is 14.0. The summed E-state index contributed by atoms with van der Waals surface area (Å²) in [5, 5.41) is 0. The van der Waals surface area contributed by atoms with Crippen LogP contribution in [-0.4, -0.2) is 29.8 Å². The van der Waals surface area contributed by atoms with E-state index in [4.69, 9.17) is 11.6 Å². The molecule has 0 aromatic carbocycles. The molecule has 0 aliphatic carbocycles. The normalized spacial score (nSPS) is 19.9. The molecule has 1 aromatic rings. The highest BCUT2D eigenvalue weighted by molar-refractivity contribution is 7.18. The Kier molecular flexibility index (Phi) is 4.82. The van der Waals surface area contributed by atoms with E-state index in [9.17, 15) is 4.79 Å². The van der Waals surface area contributed by atoms with Gasteiger partial charge in [-0.15, -0.1) is 11.3 Å². The fourth-order valence-electron chi connectivity index (χ4n) is 2.57. The zero-order valence-corrected chi connectivity index (χ0v) is 12.6. The molecule has 1 atom stereocenters. The summed E-state index contributed by atoms with van der Waals surface area (Å²) in [5.74, 6) is 1.06. The average molecular weight is 286 g/mol. The van der Waals surface area contributed by atoms with Crippen molar-refractivity contribution < 1.29 is 4.79 Å². The zero-order valence-electron chi connectivity index (χ0n) is 11.0. The maximum atomic E-state index is 12.3. The smallest absolute Gasteiger partial charge is 0.189 e. The third kappa shape index (κ3) is 3.14. The van der Waals surface area contributed by atoms with E-state index in [-0.39, 0.29) is 11.8 Å². The third-order valence-electron chi connectivity index (χ3n) is 3.97. The Labute approximate surface area is 118 Å². The molecule has 0 amide bonds. The lowest BCUT2D eigenvalue weighted by atomic mass is 9.93. The minimum Gasteiger partial charge on any atom is -0.293 e. The van der Waals surface area contributed by atoms with E-state index in [0.29, 0.717) is 4.34 Å². The highest BCUT2D eigenvalue weighted by Gasteiger charge is 2.27. The predicted octanol–water partition coefficient (Wildman–Crippen LogP) is 4.09. The Hall–Kier alpha value is -0.380. The number of likely N-dealkylation sites (tertiary alicyclic amines) is 1. The molecule has 0 N–H and O–H groups in total. The summed E-state index contributed by atoms with van der Waals surface area (Å²) in [5.41, 5.74) is 0. The number of thiophene rings is 1. The van der Waals surface area contributed by atoms with Gasteiger partial charge in [-0.2, -0.15) is 0 Å². The number of hydrogen-bond donors (Lipinski definition) is 0. The van der Waals surface area contributed by atoms with Crippen molar-refractivity contribution in [1.82, 2.24) is 4.90 Å². The van der Waals surface area contributed by atoms with Crippen molar-refractivity contribution in [2.45, 2.75) is 39.2 Å². The number of ketones is 1. The second-order valence-electron chi connectivity index (χ2n) is 5.03. The van der Waals surface area contributed by atoms with Gasteiger partial charge in [-0.1, -0.05) is 24.9 Å². The summed E-state index contributed by atoms with van der Waals surface area (Å²) in [6.45, 7) is 6.36. The van der Waals surface area contributed by atoms with Crippen molar-refractivity contribution in [3.63, 3.8) is 0 Å². The standard InChI is InChI=1S/C14H20ClNOS/c1-3-11-6-8-16(9-7-11)10(2)14(17)12-4-5-13(15)18-12/h4-5,10-11H,3,6-9H2,1-2H3. The fraction of sp³-hybridized carbons (Fsp3) is 0.643. The topological polar surface area (TPSA) is 20.3 Å². The molecule has 4 heteroatoms. The molecule has 0 radical (unpaired) electrons. The number of rotatable bonds is 4. The van der Waals surface area contributed by atoms with Crippen molar-refractivity contribution in [1.29, 1.82) is 0 Å². The molecule has 0 spiro atoms.